The first kappa shape index (κ1) is 41.5. The number of rotatable bonds is 16. The van der Waals surface area contributed by atoms with Gasteiger partial charge in [-0.25, -0.2) is 9.59 Å². The Morgan fingerprint density at radius 2 is 0.931 bits per heavy atom. The minimum Gasteiger partial charge on any atom is -0.481 e. The summed E-state index contributed by atoms with van der Waals surface area (Å²) in [5, 5.41) is 0. The van der Waals surface area contributed by atoms with Gasteiger partial charge in [-0.15, -0.1) is 0 Å². The monoisotopic (exact) mass is 788 g/mol. The highest BCUT2D eigenvalue weighted by Gasteiger charge is 2.39. The van der Waals surface area contributed by atoms with Crippen LogP contribution >= 0.6 is 0 Å². The maximum absolute atomic E-state index is 13.1. The fraction of sp³-hybridized carbons (Fsp3) is 0.480. The summed E-state index contributed by atoms with van der Waals surface area (Å²) >= 11 is 0. The highest BCUT2D eigenvalue weighted by atomic mass is 16.6. The van der Waals surface area contributed by atoms with E-state index in [0.29, 0.717) is 36.5 Å². The molecule has 4 aromatic carbocycles. The van der Waals surface area contributed by atoms with Gasteiger partial charge in [0, 0.05) is 30.8 Å². The summed E-state index contributed by atoms with van der Waals surface area (Å²) in [5.41, 5.74) is 6.53. The lowest BCUT2D eigenvalue weighted by Gasteiger charge is -2.41. The predicted molar refractivity (Wildman–Crippen MR) is 225 cm³/mol. The van der Waals surface area contributed by atoms with E-state index in [-0.39, 0.29) is 18.6 Å². The van der Waals surface area contributed by atoms with Crippen molar-refractivity contribution in [2.45, 2.75) is 127 Å². The average Bonchev–Trinajstić information content (AvgIpc) is 3.27. The topological polar surface area (TPSA) is 89.5 Å². The third-order valence-electron chi connectivity index (χ3n) is 12.5. The number of para-hydroxylation sites is 2. The summed E-state index contributed by atoms with van der Waals surface area (Å²) in [6.07, 6.45) is 16.9. The molecule has 0 spiro atoms. The van der Waals surface area contributed by atoms with Crippen LogP contribution in [-0.4, -0.2) is 39.4 Å². The second-order valence-corrected chi connectivity index (χ2v) is 16.4. The van der Waals surface area contributed by atoms with Gasteiger partial charge in [-0.3, -0.25) is 0 Å². The molecule has 8 nitrogen and oxygen atoms in total. The third kappa shape index (κ3) is 10.1. The van der Waals surface area contributed by atoms with Crippen LogP contribution in [0.1, 0.15) is 142 Å². The van der Waals surface area contributed by atoms with Gasteiger partial charge in [-0.1, -0.05) is 106 Å². The Balaban J connectivity index is 1.30. The SMILES string of the molecule is COCc1cc(C2(c3cc(COC)c(OCC(=O)Oc4ccccc4)c(C4CCCCC4)c3)CCCCC2)cc(C2CCCCC2)c1OCC(=O)Oc1ccccc1. The molecule has 0 heterocycles. The molecule has 3 saturated carbocycles. The summed E-state index contributed by atoms with van der Waals surface area (Å²) in [5.74, 6) is 2.27. The Morgan fingerprint density at radius 1 is 0.534 bits per heavy atom. The third-order valence-corrected chi connectivity index (χ3v) is 12.5. The molecule has 3 fully saturated rings. The van der Waals surface area contributed by atoms with Gasteiger partial charge in [0.05, 0.1) is 13.2 Å². The quantitative estimate of drug-likeness (QED) is 0.0819. The Morgan fingerprint density at radius 3 is 1.33 bits per heavy atom. The molecule has 3 aliphatic carbocycles. The number of hydrogen-bond acceptors (Lipinski definition) is 8. The molecule has 58 heavy (non-hydrogen) atoms. The van der Waals surface area contributed by atoms with Gasteiger partial charge >= 0.3 is 11.9 Å². The average molecular weight is 789 g/mol. The van der Waals surface area contributed by atoms with Crippen LogP contribution in [-0.2, 0) is 37.7 Å². The fourth-order valence-corrected chi connectivity index (χ4v) is 9.75. The van der Waals surface area contributed by atoms with Crippen LogP contribution in [0.25, 0.3) is 0 Å². The fourth-order valence-electron chi connectivity index (χ4n) is 9.75. The van der Waals surface area contributed by atoms with Crippen molar-refractivity contribution in [1.29, 1.82) is 0 Å². The molecule has 0 aromatic heterocycles. The number of esters is 2. The zero-order valence-electron chi connectivity index (χ0n) is 34.4. The summed E-state index contributed by atoms with van der Waals surface area (Å²) in [7, 11) is 3.44. The van der Waals surface area contributed by atoms with E-state index in [1.165, 1.54) is 67.2 Å². The van der Waals surface area contributed by atoms with Gasteiger partial charge in [0.15, 0.2) is 13.2 Å². The van der Waals surface area contributed by atoms with Gasteiger partial charge in [0.25, 0.3) is 0 Å². The van der Waals surface area contributed by atoms with E-state index in [9.17, 15) is 9.59 Å². The Kier molecular flexibility index (Phi) is 14.6. The molecule has 0 radical (unpaired) electrons. The minimum atomic E-state index is -0.437. The molecule has 0 unspecified atom stereocenters. The zero-order chi connectivity index (χ0) is 40.2. The Bertz CT molecular complexity index is 1800. The molecule has 8 heteroatoms. The summed E-state index contributed by atoms with van der Waals surface area (Å²) in [4.78, 5) is 26.2. The van der Waals surface area contributed by atoms with Crippen LogP contribution < -0.4 is 18.9 Å². The van der Waals surface area contributed by atoms with Gasteiger partial charge in [-0.05, 0) is 109 Å². The standard InChI is InChI=1S/C50H60O8/c1-53-32-38-28-40(30-44(36-18-8-3-9-19-36)48(38)55-34-46(51)57-42-22-12-5-13-23-42)50(26-16-7-17-27-50)41-29-39(33-54-2)49(45(31-41)37-20-10-4-11-21-37)56-35-47(52)58-43-24-14-6-15-25-43/h5-6,12-15,22-25,28-31,36-37H,3-4,7-11,16-21,26-27,32-35H2,1-2H3. The molecule has 308 valence electrons. The van der Waals surface area contributed by atoms with Crippen LogP contribution in [0.3, 0.4) is 0 Å². The minimum absolute atomic E-state index is 0.193. The first-order valence-corrected chi connectivity index (χ1v) is 21.6. The van der Waals surface area contributed by atoms with E-state index in [1.54, 1.807) is 38.5 Å². The lowest BCUT2D eigenvalue weighted by Crippen LogP contribution is -2.32. The second kappa shape index (κ2) is 20.3. The van der Waals surface area contributed by atoms with Gasteiger partial charge in [-0.2, -0.15) is 0 Å². The molecule has 0 bridgehead atoms. The van der Waals surface area contributed by atoms with Gasteiger partial charge < -0.3 is 28.4 Å². The molecule has 4 aromatic rings. The van der Waals surface area contributed by atoms with Crippen LogP contribution in [0.4, 0.5) is 0 Å². The molecule has 0 N–H and O–H groups in total. The van der Waals surface area contributed by atoms with Crippen LogP contribution in [0, 0.1) is 0 Å². The van der Waals surface area contributed by atoms with E-state index in [2.05, 4.69) is 24.3 Å². The van der Waals surface area contributed by atoms with Crippen molar-refractivity contribution in [3.8, 4) is 23.0 Å². The predicted octanol–water partition coefficient (Wildman–Crippen LogP) is 11.3. The molecule has 0 amide bonds. The maximum Gasteiger partial charge on any atom is 0.349 e. The van der Waals surface area contributed by atoms with E-state index in [0.717, 1.165) is 74.0 Å². The van der Waals surface area contributed by atoms with E-state index in [4.69, 9.17) is 28.4 Å². The van der Waals surface area contributed by atoms with Crippen molar-refractivity contribution < 1.29 is 38.0 Å². The molecule has 7 rings (SSSR count). The number of hydrogen-bond donors (Lipinski definition) is 0. The van der Waals surface area contributed by atoms with E-state index in [1.807, 2.05) is 36.4 Å². The van der Waals surface area contributed by atoms with Crippen molar-refractivity contribution >= 4 is 11.9 Å². The largest absolute Gasteiger partial charge is 0.481 e. The lowest BCUT2D eigenvalue weighted by molar-refractivity contribution is -0.137. The first-order valence-electron chi connectivity index (χ1n) is 21.6. The lowest BCUT2D eigenvalue weighted by atomic mass is 9.63. The number of methoxy groups -OCH3 is 2. The maximum atomic E-state index is 13.1. The van der Waals surface area contributed by atoms with Crippen LogP contribution in [0.2, 0.25) is 0 Å². The molecule has 0 atom stereocenters. The number of carbonyl (C=O) groups is 2. The molecule has 0 saturated heterocycles. The molecular weight excluding hydrogens is 729 g/mol. The zero-order valence-corrected chi connectivity index (χ0v) is 34.4. The van der Waals surface area contributed by atoms with Crippen molar-refractivity contribution in [3.05, 3.63) is 118 Å². The van der Waals surface area contributed by atoms with Crippen molar-refractivity contribution in [3.63, 3.8) is 0 Å². The van der Waals surface area contributed by atoms with Crippen LogP contribution in [0.5, 0.6) is 23.0 Å². The van der Waals surface area contributed by atoms with Gasteiger partial charge in [0.1, 0.15) is 23.0 Å². The molecule has 3 aliphatic rings. The normalized spacial score (nSPS) is 17.3. The first-order chi connectivity index (χ1) is 28.5. The number of carbonyl (C=O) groups excluding carboxylic acids is 2. The van der Waals surface area contributed by atoms with E-state index >= 15 is 0 Å². The summed E-state index contributed by atoms with van der Waals surface area (Å²) in [6, 6.07) is 27.7. The van der Waals surface area contributed by atoms with Crippen molar-refractivity contribution in [2.24, 2.45) is 0 Å². The second-order valence-electron chi connectivity index (χ2n) is 16.4. The van der Waals surface area contributed by atoms with E-state index < -0.39 is 11.9 Å². The van der Waals surface area contributed by atoms with Gasteiger partial charge in [0.2, 0.25) is 0 Å². The van der Waals surface area contributed by atoms with Crippen molar-refractivity contribution in [2.75, 3.05) is 27.4 Å². The highest BCUT2D eigenvalue weighted by molar-refractivity contribution is 5.74. The van der Waals surface area contributed by atoms with Crippen molar-refractivity contribution in [1.82, 2.24) is 0 Å². The Hall–Kier alpha value is -4.66. The highest BCUT2D eigenvalue weighted by Crippen LogP contribution is 2.51. The smallest absolute Gasteiger partial charge is 0.349 e. The number of ether oxygens (including phenoxy) is 6. The number of benzene rings is 4. The molecule has 0 aliphatic heterocycles. The Labute approximate surface area is 344 Å². The summed E-state index contributed by atoms with van der Waals surface area (Å²) in [6.45, 7) is 0.338. The molecular formula is C50H60O8. The van der Waals surface area contributed by atoms with Crippen LogP contribution in [0.15, 0.2) is 84.9 Å². The summed E-state index contributed by atoms with van der Waals surface area (Å²) < 4.78 is 36.0.